The van der Waals surface area contributed by atoms with Crippen molar-refractivity contribution in [2.24, 2.45) is 5.73 Å². The number of aliphatic hydroxyl groups is 1. The largest absolute Gasteiger partial charge is 0.394 e. The number of nitrogens with one attached hydrogen (secondary N) is 1. The van der Waals surface area contributed by atoms with Gasteiger partial charge < -0.3 is 16.2 Å². The van der Waals surface area contributed by atoms with E-state index in [1.807, 2.05) is 6.92 Å². The molecule has 0 aromatic rings. The number of amides is 1. The molecule has 4 nitrogen and oxygen atoms in total. The Morgan fingerprint density at radius 1 is 1.62 bits per heavy atom. The highest BCUT2D eigenvalue weighted by molar-refractivity contribution is 5.76. The second-order valence-corrected chi connectivity index (χ2v) is 3.40. The van der Waals surface area contributed by atoms with Gasteiger partial charge in [0.25, 0.3) is 0 Å². The Bertz CT molecular complexity index is 151. The van der Waals surface area contributed by atoms with Gasteiger partial charge in [0.1, 0.15) is 0 Å². The topological polar surface area (TPSA) is 75.4 Å². The summed E-state index contributed by atoms with van der Waals surface area (Å²) in [5.41, 5.74) is 5.68. The van der Waals surface area contributed by atoms with Crippen molar-refractivity contribution in [2.45, 2.75) is 45.2 Å². The lowest BCUT2D eigenvalue weighted by Crippen LogP contribution is -2.38. The van der Waals surface area contributed by atoms with E-state index in [4.69, 9.17) is 10.8 Å². The lowest BCUT2D eigenvalue weighted by molar-refractivity contribution is -0.122. The number of hydrogen-bond donors (Lipinski definition) is 3. The smallest absolute Gasteiger partial charge is 0.221 e. The monoisotopic (exact) mass is 188 g/mol. The van der Waals surface area contributed by atoms with Gasteiger partial charge in [-0.05, 0) is 13.3 Å². The van der Waals surface area contributed by atoms with Crippen LogP contribution in [0.2, 0.25) is 0 Å². The molecule has 1 amide bonds. The van der Waals surface area contributed by atoms with Gasteiger partial charge in [-0.3, -0.25) is 4.79 Å². The minimum absolute atomic E-state index is 0.0330. The van der Waals surface area contributed by atoms with Crippen LogP contribution in [-0.2, 0) is 4.79 Å². The average molecular weight is 188 g/mol. The minimum Gasteiger partial charge on any atom is -0.394 e. The Morgan fingerprint density at radius 3 is 2.69 bits per heavy atom. The first-order valence-electron chi connectivity index (χ1n) is 4.76. The van der Waals surface area contributed by atoms with Crippen molar-refractivity contribution in [3.8, 4) is 0 Å². The van der Waals surface area contributed by atoms with Gasteiger partial charge in [-0.15, -0.1) is 0 Å². The number of aliphatic hydroxyl groups excluding tert-OH is 1. The van der Waals surface area contributed by atoms with Crippen LogP contribution in [-0.4, -0.2) is 29.7 Å². The molecule has 0 saturated heterocycles. The molecule has 0 rings (SSSR count). The lowest BCUT2D eigenvalue weighted by Gasteiger charge is -2.13. The van der Waals surface area contributed by atoms with Gasteiger partial charge in [0.15, 0.2) is 0 Å². The molecule has 2 atom stereocenters. The molecule has 0 radical (unpaired) electrons. The number of carbonyl (C=O) groups excluding carboxylic acids is 1. The maximum absolute atomic E-state index is 11.2. The third kappa shape index (κ3) is 6.54. The molecular formula is C9H20N2O2. The van der Waals surface area contributed by atoms with Crippen molar-refractivity contribution in [3.05, 3.63) is 0 Å². The number of nitrogens with two attached hydrogens (primary N) is 1. The zero-order chi connectivity index (χ0) is 10.3. The Labute approximate surface area is 79.5 Å². The van der Waals surface area contributed by atoms with Crippen LogP contribution < -0.4 is 11.1 Å². The van der Waals surface area contributed by atoms with Gasteiger partial charge in [-0.1, -0.05) is 13.3 Å². The van der Waals surface area contributed by atoms with Gasteiger partial charge in [0.2, 0.25) is 5.91 Å². The standard InChI is InChI=1S/C9H20N2O2/c1-3-4-8(10)5-9(13)11-7(2)6-12/h7-8,12H,3-6,10H2,1-2H3,(H,11,13)/t7-,8?/m0/s1. The number of hydrogen-bond acceptors (Lipinski definition) is 3. The Balaban J connectivity index is 3.61. The fourth-order valence-electron chi connectivity index (χ4n) is 1.09. The molecule has 0 aliphatic carbocycles. The van der Waals surface area contributed by atoms with Gasteiger partial charge in [0, 0.05) is 18.5 Å². The molecule has 0 heterocycles. The fraction of sp³-hybridized carbons (Fsp3) is 0.889. The van der Waals surface area contributed by atoms with E-state index < -0.39 is 0 Å². The quantitative estimate of drug-likeness (QED) is 0.549. The predicted octanol–water partition coefficient (Wildman–Crippen LogP) is 0.000900. The third-order valence-corrected chi connectivity index (χ3v) is 1.79. The predicted molar refractivity (Wildman–Crippen MR) is 52.2 cm³/mol. The highest BCUT2D eigenvalue weighted by Gasteiger charge is 2.10. The maximum Gasteiger partial charge on any atom is 0.221 e. The van der Waals surface area contributed by atoms with E-state index in [-0.39, 0.29) is 24.6 Å². The zero-order valence-electron chi connectivity index (χ0n) is 8.42. The van der Waals surface area contributed by atoms with Crippen LogP contribution in [0.25, 0.3) is 0 Å². The normalized spacial score (nSPS) is 15.1. The SMILES string of the molecule is CCCC(N)CC(=O)N[C@@H](C)CO. The van der Waals surface area contributed by atoms with E-state index in [1.165, 1.54) is 0 Å². The van der Waals surface area contributed by atoms with Gasteiger partial charge in [-0.25, -0.2) is 0 Å². The maximum atomic E-state index is 11.2. The third-order valence-electron chi connectivity index (χ3n) is 1.79. The van der Waals surface area contributed by atoms with Gasteiger partial charge in [0.05, 0.1) is 6.61 Å². The zero-order valence-corrected chi connectivity index (χ0v) is 8.42. The van der Waals surface area contributed by atoms with Crippen molar-refractivity contribution in [3.63, 3.8) is 0 Å². The first-order valence-corrected chi connectivity index (χ1v) is 4.76. The lowest BCUT2D eigenvalue weighted by atomic mass is 10.1. The Kier molecular flexibility index (Phi) is 6.54. The number of carbonyl (C=O) groups is 1. The molecule has 0 aromatic carbocycles. The summed E-state index contributed by atoms with van der Waals surface area (Å²) in [5, 5.41) is 11.3. The molecule has 0 fully saturated rings. The number of rotatable bonds is 6. The summed E-state index contributed by atoms with van der Waals surface area (Å²) in [7, 11) is 0. The van der Waals surface area contributed by atoms with E-state index in [0.29, 0.717) is 6.42 Å². The minimum atomic E-state index is -0.179. The highest BCUT2D eigenvalue weighted by Crippen LogP contribution is 1.98. The second-order valence-electron chi connectivity index (χ2n) is 3.40. The van der Waals surface area contributed by atoms with Crippen molar-refractivity contribution in [1.29, 1.82) is 0 Å². The van der Waals surface area contributed by atoms with Crippen molar-refractivity contribution < 1.29 is 9.90 Å². The summed E-state index contributed by atoms with van der Waals surface area (Å²) in [4.78, 5) is 11.2. The molecule has 0 aliphatic heterocycles. The molecule has 0 bridgehead atoms. The Hall–Kier alpha value is -0.610. The molecule has 1 unspecified atom stereocenters. The molecule has 4 N–H and O–H groups in total. The fourth-order valence-corrected chi connectivity index (χ4v) is 1.09. The van der Waals surface area contributed by atoms with Crippen LogP contribution >= 0.6 is 0 Å². The summed E-state index contributed by atoms with van der Waals surface area (Å²) >= 11 is 0. The first-order chi connectivity index (χ1) is 6.10. The van der Waals surface area contributed by atoms with E-state index in [2.05, 4.69) is 5.32 Å². The summed E-state index contributed by atoms with van der Waals surface area (Å²) in [6.45, 7) is 3.76. The summed E-state index contributed by atoms with van der Waals surface area (Å²) in [5.74, 6) is -0.0810. The molecule has 0 spiro atoms. The molecular weight excluding hydrogens is 168 g/mol. The van der Waals surface area contributed by atoms with Crippen LogP contribution in [0.15, 0.2) is 0 Å². The second kappa shape index (κ2) is 6.86. The van der Waals surface area contributed by atoms with Crippen LogP contribution in [0.4, 0.5) is 0 Å². The van der Waals surface area contributed by atoms with Crippen LogP contribution in [0.3, 0.4) is 0 Å². The van der Waals surface area contributed by atoms with Gasteiger partial charge in [-0.2, -0.15) is 0 Å². The highest BCUT2D eigenvalue weighted by atomic mass is 16.3. The van der Waals surface area contributed by atoms with Crippen LogP contribution in [0.1, 0.15) is 33.1 Å². The molecule has 13 heavy (non-hydrogen) atoms. The van der Waals surface area contributed by atoms with Gasteiger partial charge >= 0.3 is 0 Å². The molecule has 0 aromatic heterocycles. The first kappa shape index (κ1) is 12.4. The summed E-state index contributed by atoms with van der Waals surface area (Å²) in [6.07, 6.45) is 2.20. The summed E-state index contributed by atoms with van der Waals surface area (Å²) < 4.78 is 0. The van der Waals surface area contributed by atoms with Crippen molar-refractivity contribution in [1.82, 2.24) is 5.32 Å². The molecule has 4 heteroatoms. The van der Waals surface area contributed by atoms with Crippen LogP contribution in [0, 0.1) is 0 Å². The van der Waals surface area contributed by atoms with Crippen molar-refractivity contribution >= 4 is 5.91 Å². The van der Waals surface area contributed by atoms with E-state index in [0.717, 1.165) is 12.8 Å². The molecule has 0 aliphatic rings. The van der Waals surface area contributed by atoms with E-state index in [1.54, 1.807) is 6.92 Å². The Morgan fingerprint density at radius 2 is 2.23 bits per heavy atom. The van der Waals surface area contributed by atoms with E-state index >= 15 is 0 Å². The van der Waals surface area contributed by atoms with Crippen LogP contribution in [0.5, 0.6) is 0 Å². The van der Waals surface area contributed by atoms with Crippen molar-refractivity contribution in [2.75, 3.05) is 6.61 Å². The molecule has 0 saturated carbocycles. The molecule has 78 valence electrons. The van der Waals surface area contributed by atoms with E-state index in [9.17, 15) is 4.79 Å². The average Bonchev–Trinajstić information content (AvgIpc) is 2.04. The summed E-state index contributed by atoms with van der Waals surface area (Å²) in [6, 6.07) is -0.239.